The highest BCUT2D eigenvalue weighted by Crippen LogP contribution is 2.35. The van der Waals surface area contributed by atoms with Crippen molar-refractivity contribution >= 4 is 13.3 Å². The van der Waals surface area contributed by atoms with Crippen molar-refractivity contribution in [1.82, 2.24) is 4.58 Å². The van der Waals surface area contributed by atoms with E-state index in [0.717, 1.165) is 24.6 Å². The molecule has 0 unspecified atom stereocenters. The van der Waals surface area contributed by atoms with E-state index in [1.807, 2.05) is 6.08 Å². The van der Waals surface area contributed by atoms with Crippen LogP contribution in [0.25, 0.3) is 17.4 Å². The van der Waals surface area contributed by atoms with Gasteiger partial charge in [0, 0.05) is 17.7 Å². The Balaban J connectivity index is 0.000000696. The number of halogens is 4. The lowest BCUT2D eigenvalue weighted by Crippen LogP contribution is -2.29. The zero-order valence-electron chi connectivity index (χ0n) is 17.2. The second-order valence-corrected chi connectivity index (χ2v) is 7.20. The molecule has 156 valence electrons. The molecule has 0 fully saturated rings. The van der Waals surface area contributed by atoms with Crippen LogP contribution in [-0.4, -0.2) is 27.5 Å². The van der Waals surface area contributed by atoms with Crippen molar-refractivity contribution in [2.45, 2.75) is 40.0 Å². The smallest absolute Gasteiger partial charge is 0.504 e. The number of nitrogens with zero attached hydrogens (tertiary/aromatic N) is 1. The van der Waals surface area contributed by atoms with Gasteiger partial charge in [0.05, 0.1) is 19.4 Å². The summed E-state index contributed by atoms with van der Waals surface area (Å²) in [5.41, 5.74) is 2.49. The van der Waals surface area contributed by atoms with Crippen LogP contribution in [0.2, 0.25) is 0 Å². The second kappa shape index (κ2) is 9.80. The molecule has 1 aliphatic carbocycles. The Kier molecular flexibility index (Phi) is 8.33. The monoisotopic (exact) mass is 401 g/mol. The first kappa shape index (κ1) is 23.8. The molecule has 0 aromatic rings. The van der Waals surface area contributed by atoms with Crippen LogP contribution in [0.1, 0.15) is 45.9 Å². The van der Waals surface area contributed by atoms with Crippen LogP contribution >= 0.6 is 0 Å². The summed E-state index contributed by atoms with van der Waals surface area (Å²) in [6.45, 7) is 13.0. The molecule has 0 N–H and O–H groups in total. The molecular weight excluding hydrogens is 373 g/mol. The van der Waals surface area contributed by atoms with Gasteiger partial charge in [-0.15, -0.1) is 0 Å². The predicted octanol–water partition coefficient (Wildman–Crippen LogP) is 5.41. The molecule has 2 aliphatic rings. The van der Waals surface area contributed by atoms with Crippen molar-refractivity contribution in [3.05, 3.63) is 47.2 Å². The third kappa shape index (κ3) is 7.41. The fourth-order valence-corrected chi connectivity index (χ4v) is 2.82. The Labute approximate surface area is 163 Å². The number of methoxy groups -OCH3 is 1. The van der Waals surface area contributed by atoms with E-state index >= 15 is 0 Å². The van der Waals surface area contributed by atoms with Gasteiger partial charge in [-0.25, -0.2) is 4.58 Å². The van der Waals surface area contributed by atoms with E-state index < -0.39 is 7.25 Å². The summed E-state index contributed by atoms with van der Waals surface area (Å²) in [5.74, 6) is 1.72. The van der Waals surface area contributed by atoms with E-state index in [9.17, 15) is 17.3 Å². The van der Waals surface area contributed by atoms with Crippen molar-refractivity contribution in [3.8, 4) is 11.3 Å². The lowest BCUT2D eigenvalue weighted by Gasteiger charge is -2.23. The molecule has 0 radical (unpaired) electrons. The van der Waals surface area contributed by atoms with Crippen molar-refractivity contribution in [3.63, 3.8) is 0 Å². The van der Waals surface area contributed by atoms with Crippen molar-refractivity contribution < 1.29 is 26.4 Å². The molecule has 1 aliphatic heterocycles. The highest BCUT2D eigenvalue weighted by molar-refractivity contribution is 6.50. The summed E-state index contributed by atoms with van der Waals surface area (Å²) >= 11 is 0. The Bertz CT molecular complexity index is 823. The molecule has 0 aromatic heterocycles. The van der Waals surface area contributed by atoms with Gasteiger partial charge in [-0.3, -0.25) is 0 Å². The van der Waals surface area contributed by atoms with E-state index in [1.54, 1.807) is 13.4 Å². The summed E-state index contributed by atoms with van der Waals surface area (Å²) in [6, 6.07) is 8.61. The van der Waals surface area contributed by atoms with Crippen LogP contribution in [0.15, 0.2) is 34.9 Å². The summed E-state index contributed by atoms with van der Waals surface area (Å²) in [5, 5.41) is 1.19. The van der Waals surface area contributed by atoms with Gasteiger partial charge < -0.3 is 26.4 Å². The van der Waals surface area contributed by atoms with E-state index in [1.165, 1.54) is 16.5 Å². The zero-order chi connectivity index (χ0) is 21.5. The molecule has 0 amide bonds. The van der Waals surface area contributed by atoms with Gasteiger partial charge in [0.25, 0.3) is 0 Å². The minimum absolute atomic E-state index is 0.0431. The first-order valence-electron chi connectivity index (χ1n) is 9.13. The number of hydrogen-bond donors (Lipinski definition) is 0. The summed E-state index contributed by atoms with van der Waals surface area (Å²) in [6.07, 6.45) is 3.50. The third-order valence-electron chi connectivity index (χ3n) is 4.07. The summed E-state index contributed by atoms with van der Waals surface area (Å²) < 4.78 is 52.4. The molecule has 8 heteroatoms. The number of benzene rings is 1. The number of hydrogen-bond acceptors (Lipinski definition) is 2. The van der Waals surface area contributed by atoms with E-state index in [-0.39, 0.29) is 5.41 Å². The minimum atomic E-state index is -6.00. The minimum Gasteiger partial charge on any atom is -0.504 e. The molecule has 0 atom stereocenters. The summed E-state index contributed by atoms with van der Waals surface area (Å²) in [4.78, 5) is 0. The van der Waals surface area contributed by atoms with Crippen LogP contribution in [0.4, 0.5) is 17.3 Å². The van der Waals surface area contributed by atoms with Gasteiger partial charge in [-0.2, -0.15) is 0 Å². The van der Waals surface area contributed by atoms with Gasteiger partial charge in [0.2, 0.25) is 5.36 Å². The molecule has 3 nitrogen and oxygen atoms in total. The van der Waals surface area contributed by atoms with E-state index in [0.29, 0.717) is 0 Å². The number of rotatable bonds is 4. The topological polar surface area (TPSA) is 25.4 Å². The van der Waals surface area contributed by atoms with Gasteiger partial charge in [-0.05, 0) is 37.0 Å². The Morgan fingerprint density at radius 1 is 1.07 bits per heavy atom. The average molecular weight is 401 g/mol. The highest BCUT2D eigenvalue weighted by atomic mass is 19.5. The summed E-state index contributed by atoms with van der Waals surface area (Å²) in [7, 11) is -4.36. The van der Waals surface area contributed by atoms with Crippen molar-refractivity contribution in [2.24, 2.45) is 0 Å². The predicted molar refractivity (Wildman–Crippen MR) is 107 cm³/mol. The van der Waals surface area contributed by atoms with Gasteiger partial charge in [0.1, 0.15) is 24.6 Å². The molecular formula is C20H28BF4NO2. The number of ether oxygens (including phenoxy) is 1. The van der Waals surface area contributed by atoms with Crippen LogP contribution in [0, 0.1) is 0 Å². The van der Waals surface area contributed by atoms with Gasteiger partial charge in [-0.1, -0.05) is 20.8 Å². The van der Waals surface area contributed by atoms with Crippen LogP contribution in [-0.2, 0) is 10.2 Å². The lowest BCUT2D eigenvalue weighted by molar-refractivity contribution is 0.340. The molecule has 0 bridgehead atoms. The van der Waals surface area contributed by atoms with E-state index in [2.05, 4.69) is 63.5 Å². The normalized spacial score (nSPS) is 12.1. The average Bonchev–Trinajstić information content (AvgIpc) is 2.57. The molecule has 0 aromatic carbocycles. The first-order valence-corrected chi connectivity index (χ1v) is 9.13. The van der Waals surface area contributed by atoms with Crippen LogP contribution < -0.4 is 9.93 Å². The van der Waals surface area contributed by atoms with E-state index in [4.69, 9.17) is 9.15 Å². The zero-order valence-corrected chi connectivity index (χ0v) is 17.2. The van der Waals surface area contributed by atoms with Crippen molar-refractivity contribution in [1.29, 1.82) is 0 Å². The first-order chi connectivity index (χ1) is 12.9. The maximum Gasteiger partial charge on any atom is 0.673 e. The quantitative estimate of drug-likeness (QED) is 0.296. The standard InChI is InChI=1S/C20H28NO2.BF4/c1-7-21(8-2)15-9-10-17-18(20(3,4)5)14-16(11-12-22-6)23-19(17)13-15;2-1(3,4)5/h9-14H,7-8H2,1-6H3;/q+1;-1. The maximum absolute atomic E-state index is 9.75. The van der Waals surface area contributed by atoms with Gasteiger partial charge in [0.15, 0.2) is 0 Å². The Morgan fingerprint density at radius 3 is 2.11 bits per heavy atom. The molecule has 28 heavy (non-hydrogen) atoms. The fraction of sp³-hybridized carbons (Fsp3) is 0.450. The molecule has 1 heterocycles. The van der Waals surface area contributed by atoms with Crippen molar-refractivity contribution in [2.75, 3.05) is 20.2 Å². The highest BCUT2D eigenvalue weighted by Gasteiger charge is 2.23. The number of fused-ring (bicyclic) bond motifs is 1. The second-order valence-electron chi connectivity index (χ2n) is 7.20. The van der Waals surface area contributed by atoms with Crippen LogP contribution in [0.3, 0.4) is 0 Å². The molecule has 0 saturated heterocycles. The lowest BCUT2D eigenvalue weighted by atomic mass is 9.83. The Morgan fingerprint density at radius 2 is 1.64 bits per heavy atom. The SMILES string of the molecule is CC[N+](CC)=c1ccc2c(C(C)(C)C)cc(C=COC)oc-2c1.F[B-](F)(F)F. The maximum atomic E-state index is 9.75. The van der Waals surface area contributed by atoms with Gasteiger partial charge >= 0.3 is 7.25 Å². The molecule has 0 spiro atoms. The van der Waals surface area contributed by atoms with Crippen LogP contribution in [0.5, 0.6) is 0 Å². The molecule has 2 rings (SSSR count). The largest absolute Gasteiger partial charge is 0.673 e. The fourth-order valence-electron chi connectivity index (χ4n) is 2.82. The Hall–Kier alpha value is -2.25. The third-order valence-corrected chi connectivity index (χ3v) is 4.07. The molecule has 0 saturated carbocycles.